The summed E-state index contributed by atoms with van der Waals surface area (Å²) in [6, 6.07) is -0.430. The summed E-state index contributed by atoms with van der Waals surface area (Å²) in [5.41, 5.74) is 5.69. The number of nitrogens with two attached hydrogens (primary N) is 1. The highest BCUT2D eigenvalue weighted by atomic mass is 16.2. The maximum atomic E-state index is 11.5. The number of hydrogen-bond donors (Lipinski definition) is 3. The number of hydrogen-bond acceptors (Lipinski definition) is 3. The summed E-state index contributed by atoms with van der Waals surface area (Å²) in [6.07, 6.45) is 3.22. The fourth-order valence-corrected chi connectivity index (χ4v) is 1.34. The van der Waals surface area contributed by atoms with E-state index in [1.54, 1.807) is 7.05 Å². The Morgan fingerprint density at radius 1 is 1.18 bits per heavy atom. The van der Waals surface area contributed by atoms with E-state index in [-0.39, 0.29) is 17.7 Å². The van der Waals surface area contributed by atoms with Crippen LogP contribution in [0, 0.1) is 5.92 Å². The molecule has 0 saturated carbocycles. The van der Waals surface area contributed by atoms with Crippen molar-refractivity contribution in [2.45, 2.75) is 45.6 Å². The van der Waals surface area contributed by atoms with E-state index in [1.165, 1.54) is 0 Å². The van der Waals surface area contributed by atoms with Gasteiger partial charge in [-0.25, -0.2) is 0 Å². The van der Waals surface area contributed by atoms with Gasteiger partial charge in [0.2, 0.25) is 11.8 Å². The van der Waals surface area contributed by atoms with Crippen LogP contribution < -0.4 is 16.4 Å². The lowest BCUT2D eigenvalue weighted by atomic mass is 10.1. The van der Waals surface area contributed by atoms with Crippen LogP contribution in [0.4, 0.5) is 0 Å². The minimum absolute atomic E-state index is 0.0656. The molecule has 0 spiro atoms. The Morgan fingerprint density at radius 2 is 1.82 bits per heavy atom. The highest BCUT2D eigenvalue weighted by Crippen LogP contribution is 2.00. The second-order valence-corrected chi connectivity index (χ2v) is 4.54. The molecular formula is C12H25N3O2. The van der Waals surface area contributed by atoms with E-state index in [2.05, 4.69) is 10.6 Å². The molecule has 0 rings (SSSR count). The van der Waals surface area contributed by atoms with Crippen LogP contribution in [-0.2, 0) is 9.59 Å². The van der Waals surface area contributed by atoms with Crippen molar-refractivity contribution in [3.63, 3.8) is 0 Å². The van der Waals surface area contributed by atoms with E-state index < -0.39 is 6.04 Å². The van der Waals surface area contributed by atoms with E-state index in [0.717, 1.165) is 19.3 Å². The Bertz CT molecular complexity index is 242. The van der Waals surface area contributed by atoms with E-state index in [9.17, 15) is 9.59 Å². The van der Waals surface area contributed by atoms with Gasteiger partial charge >= 0.3 is 0 Å². The molecule has 0 bridgehead atoms. The van der Waals surface area contributed by atoms with Gasteiger partial charge in [-0.05, 0) is 18.8 Å². The summed E-state index contributed by atoms with van der Waals surface area (Å²) in [4.78, 5) is 22.4. The summed E-state index contributed by atoms with van der Waals surface area (Å²) < 4.78 is 0. The number of carbonyl (C=O) groups excluding carboxylic acids is 2. The van der Waals surface area contributed by atoms with Crippen molar-refractivity contribution >= 4 is 11.8 Å². The summed E-state index contributed by atoms with van der Waals surface area (Å²) in [5.74, 6) is 0.130. The molecule has 1 unspecified atom stereocenters. The van der Waals surface area contributed by atoms with Gasteiger partial charge < -0.3 is 16.4 Å². The molecular weight excluding hydrogens is 218 g/mol. The minimum Gasteiger partial charge on any atom is -0.359 e. The van der Waals surface area contributed by atoms with Crippen molar-refractivity contribution in [3.05, 3.63) is 0 Å². The molecule has 0 aromatic heterocycles. The van der Waals surface area contributed by atoms with Crippen molar-refractivity contribution in [3.8, 4) is 0 Å². The third-order valence-corrected chi connectivity index (χ3v) is 2.68. The first kappa shape index (κ1) is 15.9. The van der Waals surface area contributed by atoms with Gasteiger partial charge in [0.05, 0.1) is 6.04 Å². The zero-order valence-electron chi connectivity index (χ0n) is 11.1. The highest BCUT2D eigenvalue weighted by Gasteiger charge is 2.15. The van der Waals surface area contributed by atoms with Gasteiger partial charge in [-0.3, -0.25) is 9.59 Å². The number of amides is 2. The molecule has 0 saturated heterocycles. The van der Waals surface area contributed by atoms with E-state index in [1.807, 2.05) is 13.8 Å². The average molecular weight is 243 g/mol. The largest absolute Gasteiger partial charge is 0.359 e. The second kappa shape index (κ2) is 8.98. The van der Waals surface area contributed by atoms with Crippen molar-refractivity contribution in [1.82, 2.24) is 10.6 Å². The van der Waals surface area contributed by atoms with E-state index in [0.29, 0.717) is 13.0 Å². The van der Waals surface area contributed by atoms with Gasteiger partial charge in [0.15, 0.2) is 0 Å². The lowest BCUT2D eigenvalue weighted by molar-refractivity contribution is -0.123. The maximum absolute atomic E-state index is 11.5. The molecule has 0 aromatic rings. The van der Waals surface area contributed by atoms with Crippen LogP contribution in [0.2, 0.25) is 0 Å². The Morgan fingerprint density at radius 3 is 2.35 bits per heavy atom. The smallest absolute Gasteiger partial charge is 0.237 e. The van der Waals surface area contributed by atoms with Gasteiger partial charge in [-0.2, -0.15) is 0 Å². The van der Waals surface area contributed by atoms with Crippen LogP contribution in [-0.4, -0.2) is 31.4 Å². The zero-order chi connectivity index (χ0) is 13.3. The molecule has 0 heterocycles. The summed E-state index contributed by atoms with van der Waals surface area (Å²) in [5, 5.41) is 5.38. The first-order valence-electron chi connectivity index (χ1n) is 6.23. The SMILES string of the molecule is CNC(=O)CCCCCNC(=O)C(N)C(C)C. The zero-order valence-corrected chi connectivity index (χ0v) is 11.1. The van der Waals surface area contributed by atoms with Gasteiger partial charge in [-0.1, -0.05) is 20.3 Å². The molecule has 5 nitrogen and oxygen atoms in total. The summed E-state index contributed by atoms with van der Waals surface area (Å²) >= 11 is 0. The fourth-order valence-electron chi connectivity index (χ4n) is 1.34. The van der Waals surface area contributed by atoms with Crippen molar-refractivity contribution < 1.29 is 9.59 Å². The van der Waals surface area contributed by atoms with E-state index >= 15 is 0 Å². The summed E-state index contributed by atoms with van der Waals surface area (Å²) in [7, 11) is 1.63. The molecule has 0 aliphatic carbocycles. The lowest BCUT2D eigenvalue weighted by Crippen LogP contribution is -2.44. The number of rotatable bonds is 8. The van der Waals surface area contributed by atoms with Gasteiger partial charge in [0.1, 0.15) is 0 Å². The van der Waals surface area contributed by atoms with E-state index in [4.69, 9.17) is 5.73 Å². The molecule has 4 N–H and O–H groups in total. The predicted molar refractivity (Wildman–Crippen MR) is 68.4 cm³/mol. The molecule has 5 heteroatoms. The number of carbonyl (C=O) groups is 2. The number of nitrogens with one attached hydrogen (secondary N) is 2. The second-order valence-electron chi connectivity index (χ2n) is 4.54. The summed E-state index contributed by atoms with van der Waals surface area (Å²) in [6.45, 7) is 4.48. The molecule has 100 valence electrons. The van der Waals surface area contributed by atoms with Crippen LogP contribution in [0.5, 0.6) is 0 Å². The standard InChI is InChI=1S/C12H25N3O2/c1-9(2)11(13)12(17)15-8-6-4-5-7-10(16)14-3/h9,11H,4-8,13H2,1-3H3,(H,14,16)(H,15,17). The number of unbranched alkanes of at least 4 members (excludes halogenated alkanes) is 2. The fraction of sp³-hybridized carbons (Fsp3) is 0.833. The Hall–Kier alpha value is -1.10. The minimum atomic E-state index is -0.430. The molecule has 17 heavy (non-hydrogen) atoms. The quantitative estimate of drug-likeness (QED) is 0.539. The normalized spacial score (nSPS) is 12.3. The van der Waals surface area contributed by atoms with Crippen LogP contribution in [0.1, 0.15) is 39.5 Å². The maximum Gasteiger partial charge on any atom is 0.237 e. The Labute approximate surface area is 104 Å². The van der Waals surface area contributed by atoms with Crippen molar-refractivity contribution in [1.29, 1.82) is 0 Å². The van der Waals surface area contributed by atoms with Crippen molar-refractivity contribution in [2.75, 3.05) is 13.6 Å². The molecule has 0 fully saturated rings. The predicted octanol–water partition coefficient (Wildman–Crippen LogP) is 0.392. The molecule has 0 aromatic carbocycles. The average Bonchev–Trinajstić information content (AvgIpc) is 2.31. The Kier molecular flexibility index (Phi) is 8.40. The highest BCUT2D eigenvalue weighted by molar-refractivity contribution is 5.81. The molecule has 2 amide bonds. The monoisotopic (exact) mass is 243 g/mol. The first-order chi connectivity index (χ1) is 7.99. The van der Waals surface area contributed by atoms with Gasteiger partial charge in [0, 0.05) is 20.0 Å². The third-order valence-electron chi connectivity index (χ3n) is 2.68. The van der Waals surface area contributed by atoms with Gasteiger partial charge in [0.25, 0.3) is 0 Å². The Balaban J connectivity index is 3.46. The molecule has 1 atom stereocenters. The molecule has 0 aliphatic rings. The van der Waals surface area contributed by atoms with Crippen LogP contribution >= 0.6 is 0 Å². The van der Waals surface area contributed by atoms with Crippen LogP contribution in [0.3, 0.4) is 0 Å². The van der Waals surface area contributed by atoms with Gasteiger partial charge in [-0.15, -0.1) is 0 Å². The van der Waals surface area contributed by atoms with Crippen LogP contribution in [0.15, 0.2) is 0 Å². The topological polar surface area (TPSA) is 84.2 Å². The first-order valence-corrected chi connectivity index (χ1v) is 6.23. The molecule has 0 radical (unpaired) electrons. The lowest BCUT2D eigenvalue weighted by Gasteiger charge is -2.15. The third kappa shape index (κ3) is 7.74. The molecule has 0 aliphatic heterocycles. The van der Waals surface area contributed by atoms with Crippen molar-refractivity contribution in [2.24, 2.45) is 11.7 Å². The van der Waals surface area contributed by atoms with Crippen LogP contribution in [0.25, 0.3) is 0 Å².